The van der Waals surface area contributed by atoms with Crippen molar-refractivity contribution in [3.63, 3.8) is 0 Å². The van der Waals surface area contributed by atoms with Crippen LogP contribution in [0.25, 0.3) is 11.1 Å². The van der Waals surface area contributed by atoms with E-state index in [2.05, 4.69) is 43.0 Å². The van der Waals surface area contributed by atoms with Crippen molar-refractivity contribution in [2.45, 2.75) is 106 Å². The lowest BCUT2D eigenvalue weighted by molar-refractivity contribution is -0.166. The Morgan fingerprint density at radius 1 is 0.958 bits per heavy atom. The summed E-state index contributed by atoms with van der Waals surface area (Å²) in [7, 11) is 0. The number of anilines is 1. The number of hydrogen-bond acceptors (Lipinski definition) is 6. The number of aryl methyl sites for hydroxylation is 2. The van der Waals surface area contributed by atoms with E-state index in [9.17, 15) is 14.0 Å². The molecule has 1 saturated carbocycles. The summed E-state index contributed by atoms with van der Waals surface area (Å²) in [6.45, 7) is 19.1. The Bertz CT molecular complexity index is 1600. The van der Waals surface area contributed by atoms with Gasteiger partial charge >= 0.3 is 5.97 Å². The monoisotopic (exact) mass is 657 g/mol. The Morgan fingerprint density at radius 2 is 1.52 bits per heavy atom. The summed E-state index contributed by atoms with van der Waals surface area (Å²) in [6.07, 6.45) is 2.95. The first-order chi connectivity index (χ1) is 22.7. The molecule has 1 aliphatic heterocycles. The second-order valence-electron chi connectivity index (χ2n) is 15.2. The summed E-state index contributed by atoms with van der Waals surface area (Å²) in [5.41, 5.74) is 6.88. The van der Waals surface area contributed by atoms with Crippen LogP contribution in [-0.4, -0.2) is 47.1 Å². The number of carbonyl (C=O) groups is 2. The number of benzene rings is 2. The van der Waals surface area contributed by atoms with E-state index in [-0.39, 0.29) is 29.7 Å². The molecular weight excluding hydrogens is 605 g/mol. The molecule has 2 aromatic carbocycles. The maximum Gasteiger partial charge on any atom is 0.340 e. The molecule has 48 heavy (non-hydrogen) atoms. The van der Waals surface area contributed by atoms with Gasteiger partial charge < -0.3 is 19.3 Å². The molecule has 8 heteroatoms. The molecule has 1 saturated heterocycles. The first kappa shape index (κ1) is 35.5. The van der Waals surface area contributed by atoms with Gasteiger partial charge in [0, 0.05) is 54.6 Å². The van der Waals surface area contributed by atoms with Crippen molar-refractivity contribution in [2.75, 3.05) is 24.6 Å². The largest absolute Gasteiger partial charge is 0.464 e. The van der Waals surface area contributed by atoms with Crippen LogP contribution in [0.5, 0.6) is 0 Å². The second-order valence-corrected chi connectivity index (χ2v) is 15.2. The van der Waals surface area contributed by atoms with Crippen LogP contribution in [0.15, 0.2) is 48.5 Å². The molecule has 1 atom stereocenters. The molecule has 0 spiro atoms. The Kier molecular flexibility index (Phi) is 10.6. The van der Waals surface area contributed by atoms with Crippen molar-refractivity contribution in [3.8, 4) is 11.1 Å². The minimum absolute atomic E-state index is 0.0733. The first-order valence-corrected chi connectivity index (χ1v) is 17.4. The molecule has 0 radical (unpaired) electrons. The van der Waals surface area contributed by atoms with Gasteiger partial charge in [-0.3, -0.25) is 9.78 Å². The van der Waals surface area contributed by atoms with E-state index in [1.54, 1.807) is 12.1 Å². The van der Waals surface area contributed by atoms with Gasteiger partial charge in [-0.05, 0) is 101 Å². The number of halogens is 1. The summed E-state index contributed by atoms with van der Waals surface area (Å²) in [4.78, 5) is 36.2. The van der Waals surface area contributed by atoms with E-state index in [4.69, 9.17) is 14.5 Å². The van der Waals surface area contributed by atoms with Crippen LogP contribution >= 0.6 is 0 Å². The highest BCUT2D eigenvalue weighted by Gasteiger charge is 2.37. The van der Waals surface area contributed by atoms with E-state index < -0.39 is 17.7 Å². The van der Waals surface area contributed by atoms with Crippen molar-refractivity contribution in [2.24, 2.45) is 11.3 Å². The van der Waals surface area contributed by atoms with Gasteiger partial charge in [-0.2, -0.15) is 0 Å². The number of esters is 1. The summed E-state index contributed by atoms with van der Waals surface area (Å²) in [5.74, 6) is -0.484. The maximum absolute atomic E-state index is 13.6. The SMILES string of the molecule is CCOC(=O)[C@@H](OC(C)(C)C)c1c(C)nc(C)c(-c2ccc(CN(Cc3ccc(F)cc3)C(=O)C3CC3)cc2)c1N1CCC(C)(C)CC1. The molecule has 1 amide bonds. The topological polar surface area (TPSA) is 72.0 Å². The molecule has 258 valence electrons. The minimum atomic E-state index is -0.936. The highest BCUT2D eigenvalue weighted by Crippen LogP contribution is 2.45. The predicted molar refractivity (Wildman–Crippen MR) is 188 cm³/mol. The molecule has 0 N–H and O–H groups in total. The summed E-state index contributed by atoms with van der Waals surface area (Å²) >= 11 is 0. The van der Waals surface area contributed by atoms with Crippen molar-refractivity contribution >= 4 is 17.6 Å². The third-order valence-corrected chi connectivity index (χ3v) is 9.39. The Hall–Kier alpha value is -3.78. The lowest BCUT2D eigenvalue weighted by atomic mass is 9.81. The molecule has 2 aliphatic rings. The average molecular weight is 658 g/mol. The maximum atomic E-state index is 13.6. The molecule has 2 heterocycles. The fraction of sp³-hybridized carbons (Fsp3) is 0.525. The smallest absolute Gasteiger partial charge is 0.340 e. The van der Waals surface area contributed by atoms with Crippen molar-refractivity contribution in [1.82, 2.24) is 9.88 Å². The number of aromatic nitrogens is 1. The fourth-order valence-electron chi connectivity index (χ4n) is 6.57. The van der Waals surface area contributed by atoms with Crippen molar-refractivity contribution in [3.05, 3.63) is 82.4 Å². The number of carbonyl (C=O) groups excluding carboxylic acids is 2. The van der Waals surface area contributed by atoms with Crippen LogP contribution in [0.4, 0.5) is 10.1 Å². The van der Waals surface area contributed by atoms with Crippen LogP contribution in [-0.2, 0) is 32.2 Å². The molecule has 3 aromatic rings. The summed E-state index contributed by atoms with van der Waals surface area (Å²) < 4.78 is 25.7. The zero-order chi connectivity index (χ0) is 34.8. The summed E-state index contributed by atoms with van der Waals surface area (Å²) in [6, 6.07) is 14.7. The van der Waals surface area contributed by atoms with Gasteiger partial charge in [0.15, 0.2) is 6.10 Å². The molecule has 1 aliphatic carbocycles. The van der Waals surface area contributed by atoms with Crippen LogP contribution in [0, 0.1) is 31.0 Å². The molecule has 7 nitrogen and oxygen atoms in total. The molecular formula is C40H52FN3O4. The number of hydrogen-bond donors (Lipinski definition) is 0. The van der Waals surface area contributed by atoms with Gasteiger partial charge in [0.2, 0.25) is 5.91 Å². The lowest BCUT2D eigenvalue weighted by Gasteiger charge is -2.41. The number of ether oxygens (including phenoxy) is 2. The van der Waals surface area contributed by atoms with Crippen LogP contribution < -0.4 is 4.90 Å². The van der Waals surface area contributed by atoms with Crippen LogP contribution in [0.2, 0.25) is 0 Å². The Morgan fingerprint density at radius 3 is 2.04 bits per heavy atom. The zero-order valence-electron chi connectivity index (χ0n) is 30.0. The number of pyridine rings is 1. The highest BCUT2D eigenvalue weighted by atomic mass is 19.1. The van der Waals surface area contributed by atoms with E-state index in [1.165, 1.54) is 12.1 Å². The molecule has 2 fully saturated rings. The normalized spacial score (nSPS) is 16.8. The van der Waals surface area contributed by atoms with Gasteiger partial charge in [-0.1, -0.05) is 50.2 Å². The minimum Gasteiger partial charge on any atom is -0.464 e. The summed E-state index contributed by atoms with van der Waals surface area (Å²) in [5, 5.41) is 0. The molecule has 0 bridgehead atoms. The quantitative estimate of drug-likeness (QED) is 0.193. The Labute approximate surface area is 285 Å². The zero-order valence-corrected chi connectivity index (χ0v) is 30.0. The van der Waals surface area contributed by atoms with Gasteiger partial charge in [0.1, 0.15) is 5.82 Å². The van der Waals surface area contributed by atoms with Crippen molar-refractivity contribution in [1.29, 1.82) is 0 Å². The third-order valence-electron chi connectivity index (χ3n) is 9.39. The van der Waals surface area contributed by atoms with E-state index in [0.29, 0.717) is 13.1 Å². The van der Waals surface area contributed by atoms with E-state index in [0.717, 1.165) is 83.7 Å². The van der Waals surface area contributed by atoms with Crippen LogP contribution in [0.3, 0.4) is 0 Å². The number of amides is 1. The highest BCUT2D eigenvalue weighted by molar-refractivity contribution is 5.88. The average Bonchev–Trinajstić information content (AvgIpc) is 3.86. The molecule has 1 aromatic heterocycles. The Balaban J connectivity index is 1.55. The third kappa shape index (κ3) is 8.62. The van der Waals surface area contributed by atoms with Gasteiger partial charge in [-0.15, -0.1) is 0 Å². The predicted octanol–water partition coefficient (Wildman–Crippen LogP) is 8.49. The standard InChI is InChI=1S/C40H52FN3O4/c1-9-47-38(46)36(48-39(4,5)6)34-27(3)42-26(2)33(35(34)43-22-20-40(7,8)21-23-43)30-14-10-28(11-15-30)24-44(37(45)31-16-17-31)25-29-12-18-32(41)19-13-29/h10-15,18-19,31,36H,9,16-17,20-25H2,1-8H3/t36-/m0/s1. The number of rotatable bonds is 11. The van der Waals surface area contributed by atoms with E-state index in [1.807, 2.05) is 46.4 Å². The second kappa shape index (κ2) is 14.4. The fourth-order valence-corrected chi connectivity index (χ4v) is 6.57. The number of piperidine rings is 1. The molecule has 0 unspecified atom stereocenters. The van der Waals surface area contributed by atoms with Gasteiger partial charge in [-0.25, -0.2) is 9.18 Å². The van der Waals surface area contributed by atoms with E-state index >= 15 is 0 Å². The first-order valence-electron chi connectivity index (χ1n) is 17.4. The van der Waals surface area contributed by atoms with Crippen LogP contribution in [0.1, 0.15) is 101 Å². The van der Waals surface area contributed by atoms with Crippen molar-refractivity contribution < 1.29 is 23.5 Å². The molecule has 5 rings (SSSR count). The lowest BCUT2D eigenvalue weighted by Crippen LogP contribution is -2.39. The van der Waals surface area contributed by atoms with Gasteiger partial charge in [0.25, 0.3) is 0 Å². The van der Waals surface area contributed by atoms with Gasteiger partial charge in [0.05, 0.1) is 17.9 Å². The number of nitrogens with zero attached hydrogens (tertiary/aromatic N) is 3.